The maximum atomic E-state index is 12.7. The third-order valence-corrected chi connectivity index (χ3v) is 2.69. The molecule has 0 aliphatic heterocycles. The van der Waals surface area contributed by atoms with Crippen LogP contribution in [-0.2, 0) is 11.2 Å². The Morgan fingerprint density at radius 3 is 2.39 bits per heavy atom. The molecule has 0 spiro atoms. The van der Waals surface area contributed by atoms with Crippen LogP contribution in [0.15, 0.2) is 24.3 Å². The first kappa shape index (κ1) is 15.0. The molecule has 0 fully saturated rings. The minimum absolute atomic E-state index is 0.000000000000000444. The topological polar surface area (TPSA) is 20.3 Å². The summed E-state index contributed by atoms with van der Waals surface area (Å²) < 4.78 is 37.3. The number of hydrogen-bond donors (Lipinski definition) is 0. The molecule has 1 aromatic carbocycles. The van der Waals surface area contributed by atoms with Crippen molar-refractivity contribution in [2.75, 3.05) is 18.4 Å². The number of nitrogens with zero attached hydrogens (tertiary/aromatic N) is 1. The van der Waals surface area contributed by atoms with Gasteiger partial charge in [-0.25, -0.2) is 13.2 Å². The Kier molecular flexibility index (Phi) is 6.18. The second-order valence-electron chi connectivity index (χ2n) is 3.72. The van der Waals surface area contributed by atoms with Crippen LogP contribution in [0.1, 0.15) is 5.56 Å². The van der Waals surface area contributed by atoms with E-state index in [1.54, 1.807) is 0 Å². The van der Waals surface area contributed by atoms with Crippen molar-refractivity contribution >= 4 is 21.8 Å². The Hall–Kier alpha value is -1.04. The summed E-state index contributed by atoms with van der Waals surface area (Å²) >= 11 is 3.11. The summed E-state index contributed by atoms with van der Waals surface area (Å²) in [4.78, 5) is 12.9. The summed E-state index contributed by atoms with van der Waals surface area (Å²) in [6, 6.07) is 5.43. The van der Waals surface area contributed by atoms with Gasteiger partial charge in [0.2, 0.25) is 5.91 Å². The Bertz CT molecular complexity index is 383. The van der Waals surface area contributed by atoms with Crippen molar-refractivity contribution in [1.82, 2.24) is 4.90 Å². The fourth-order valence-corrected chi connectivity index (χ4v) is 1.90. The van der Waals surface area contributed by atoms with Crippen LogP contribution in [0, 0.1) is 5.82 Å². The minimum Gasteiger partial charge on any atom is -0.336 e. The first-order valence-electron chi connectivity index (χ1n) is 5.39. The van der Waals surface area contributed by atoms with Crippen LogP contribution in [0.5, 0.6) is 0 Å². The monoisotopic (exact) mass is 323 g/mol. The zero-order valence-corrected chi connectivity index (χ0v) is 11.2. The number of hydrogen-bond acceptors (Lipinski definition) is 1. The van der Waals surface area contributed by atoms with Crippen LogP contribution >= 0.6 is 15.9 Å². The molecule has 6 heteroatoms. The van der Waals surface area contributed by atoms with Crippen molar-refractivity contribution in [1.29, 1.82) is 0 Å². The molecule has 18 heavy (non-hydrogen) atoms. The summed E-state index contributed by atoms with van der Waals surface area (Å²) in [5, 5.41) is 0.439. The van der Waals surface area contributed by atoms with Crippen LogP contribution in [0.25, 0.3) is 0 Å². The molecule has 0 radical (unpaired) electrons. The van der Waals surface area contributed by atoms with Crippen molar-refractivity contribution in [3.05, 3.63) is 35.6 Å². The zero-order chi connectivity index (χ0) is 13.5. The van der Waals surface area contributed by atoms with E-state index in [9.17, 15) is 18.0 Å². The lowest BCUT2D eigenvalue weighted by Gasteiger charge is -2.21. The van der Waals surface area contributed by atoms with E-state index < -0.39 is 18.8 Å². The van der Waals surface area contributed by atoms with E-state index in [0.29, 0.717) is 10.9 Å². The first-order valence-corrected chi connectivity index (χ1v) is 6.51. The van der Waals surface area contributed by atoms with E-state index in [1.807, 2.05) is 0 Å². The smallest absolute Gasteiger partial charge is 0.255 e. The molecule has 0 saturated heterocycles. The van der Waals surface area contributed by atoms with Gasteiger partial charge in [-0.15, -0.1) is 0 Å². The Morgan fingerprint density at radius 2 is 1.89 bits per heavy atom. The lowest BCUT2D eigenvalue weighted by molar-refractivity contribution is -0.132. The van der Waals surface area contributed by atoms with Gasteiger partial charge in [0.25, 0.3) is 6.43 Å². The fraction of sp³-hybridized carbons (Fsp3) is 0.417. The molecule has 1 amide bonds. The van der Waals surface area contributed by atoms with Crippen LogP contribution in [0.2, 0.25) is 0 Å². The number of carbonyl (C=O) groups is 1. The first-order chi connectivity index (χ1) is 8.52. The maximum Gasteiger partial charge on any atom is 0.255 e. The average molecular weight is 324 g/mol. The Labute approximate surface area is 112 Å². The summed E-state index contributed by atoms with van der Waals surface area (Å²) in [6.07, 6.45) is -2.55. The van der Waals surface area contributed by atoms with Gasteiger partial charge in [0.05, 0.1) is 13.0 Å². The minimum atomic E-state index is -2.55. The van der Waals surface area contributed by atoms with Crippen LogP contribution < -0.4 is 0 Å². The largest absolute Gasteiger partial charge is 0.336 e. The predicted octanol–water partition coefficient (Wildman–Crippen LogP) is 2.86. The molecule has 100 valence electrons. The van der Waals surface area contributed by atoms with Gasteiger partial charge in [0, 0.05) is 11.9 Å². The predicted molar refractivity (Wildman–Crippen MR) is 66.5 cm³/mol. The van der Waals surface area contributed by atoms with Crippen molar-refractivity contribution in [3.63, 3.8) is 0 Å². The highest BCUT2D eigenvalue weighted by Crippen LogP contribution is 2.07. The van der Waals surface area contributed by atoms with E-state index in [2.05, 4.69) is 15.9 Å². The van der Waals surface area contributed by atoms with Gasteiger partial charge in [-0.05, 0) is 17.7 Å². The molecule has 0 aliphatic rings. The maximum absolute atomic E-state index is 12.7. The quantitative estimate of drug-likeness (QED) is 0.737. The van der Waals surface area contributed by atoms with E-state index in [1.165, 1.54) is 24.3 Å². The van der Waals surface area contributed by atoms with Crippen molar-refractivity contribution in [2.45, 2.75) is 12.8 Å². The molecule has 0 bridgehead atoms. The molecular formula is C12H13BrF3NO. The van der Waals surface area contributed by atoms with Gasteiger partial charge in [-0.3, -0.25) is 4.79 Å². The van der Waals surface area contributed by atoms with Gasteiger partial charge in [-0.2, -0.15) is 0 Å². The zero-order valence-electron chi connectivity index (χ0n) is 9.58. The third kappa shape index (κ3) is 5.08. The normalized spacial score (nSPS) is 10.7. The molecule has 2 nitrogen and oxygen atoms in total. The average Bonchev–Trinajstić information content (AvgIpc) is 2.31. The second kappa shape index (κ2) is 7.41. The Balaban J connectivity index is 2.63. The number of amides is 1. The van der Waals surface area contributed by atoms with Gasteiger partial charge in [0.1, 0.15) is 5.82 Å². The number of benzene rings is 1. The van der Waals surface area contributed by atoms with Gasteiger partial charge < -0.3 is 4.90 Å². The number of rotatable bonds is 6. The van der Waals surface area contributed by atoms with Gasteiger partial charge in [0.15, 0.2) is 0 Å². The molecule has 0 aromatic heterocycles. The van der Waals surface area contributed by atoms with Crippen molar-refractivity contribution in [2.24, 2.45) is 0 Å². The number of carbonyl (C=O) groups excluding carboxylic acids is 1. The summed E-state index contributed by atoms with van der Waals surface area (Å²) in [5.74, 6) is -0.780. The van der Waals surface area contributed by atoms with E-state index >= 15 is 0 Å². The Morgan fingerprint density at radius 1 is 1.28 bits per heavy atom. The summed E-state index contributed by atoms with van der Waals surface area (Å²) in [6.45, 7) is -0.351. The highest BCUT2D eigenvalue weighted by molar-refractivity contribution is 9.09. The van der Waals surface area contributed by atoms with Gasteiger partial charge >= 0.3 is 0 Å². The molecule has 1 aromatic rings. The number of alkyl halides is 3. The summed E-state index contributed by atoms with van der Waals surface area (Å²) in [7, 11) is 0. The lowest BCUT2D eigenvalue weighted by atomic mass is 10.1. The molecular weight excluding hydrogens is 311 g/mol. The second-order valence-corrected chi connectivity index (χ2v) is 4.52. The van der Waals surface area contributed by atoms with Crippen LogP contribution in [0.3, 0.4) is 0 Å². The van der Waals surface area contributed by atoms with E-state index in [4.69, 9.17) is 0 Å². The SMILES string of the molecule is O=C(Cc1ccc(F)cc1)N(CCBr)CC(F)F. The molecule has 0 aliphatic carbocycles. The fourth-order valence-electron chi connectivity index (χ4n) is 1.48. The highest BCUT2D eigenvalue weighted by atomic mass is 79.9. The molecule has 0 saturated carbocycles. The number of halogens is 4. The lowest BCUT2D eigenvalue weighted by Crippen LogP contribution is -2.37. The highest BCUT2D eigenvalue weighted by Gasteiger charge is 2.17. The van der Waals surface area contributed by atoms with Crippen LogP contribution in [0.4, 0.5) is 13.2 Å². The molecule has 0 N–H and O–H groups in total. The molecule has 1 rings (SSSR count). The van der Waals surface area contributed by atoms with Crippen LogP contribution in [-0.4, -0.2) is 35.7 Å². The van der Waals surface area contributed by atoms with E-state index in [0.717, 1.165) is 4.90 Å². The third-order valence-electron chi connectivity index (χ3n) is 2.33. The van der Waals surface area contributed by atoms with E-state index in [-0.39, 0.29) is 18.9 Å². The van der Waals surface area contributed by atoms with Gasteiger partial charge in [-0.1, -0.05) is 28.1 Å². The summed E-state index contributed by atoms with van der Waals surface area (Å²) in [5.41, 5.74) is 0.607. The standard InChI is InChI=1S/C12H13BrF3NO/c13-5-6-17(8-11(15)16)12(18)7-9-1-3-10(14)4-2-9/h1-4,11H,5-8H2. The molecule has 0 atom stereocenters. The molecule has 0 heterocycles. The van der Waals surface area contributed by atoms with Crippen molar-refractivity contribution < 1.29 is 18.0 Å². The molecule has 0 unspecified atom stereocenters. The van der Waals surface area contributed by atoms with Crippen molar-refractivity contribution in [3.8, 4) is 0 Å².